The summed E-state index contributed by atoms with van der Waals surface area (Å²) in [4.78, 5) is 12.5. The Morgan fingerprint density at radius 1 is 1.25 bits per heavy atom. The van der Waals surface area contributed by atoms with Crippen molar-refractivity contribution in [1.29, 1.82) is 0 Å². The molecule has 0 unspecified atom stereocenters. The lowest BCUT2D eigenvalue weighted by molar-refractivity contribution is 0.564. The van der Waals surface area contributed by atoms with Gasteiger partial charge in [-0.1, -0.05) is 0 Å². The van der Waals surface area contributed by atoms with E-state index < -0.39 is 0 Å². The van der Waals surface area contributed by atoms with Crippen molar-refractivity contribution in [3.05, 3.63) is 42.6 Å². The van der Waals surface area contributed by atoms with Crippen molar-refractivity contribution in [2.24, 2.45) is 5.84 Å². The highest BCUT2D eigenvalue weighted by molar-refractivity contribution is 5.37. The minimum absolute atomic E-state index is 0.250. The van der Waals surface area contributed by atoms with Crippen molar-refractivity contribution in [2.75, 3.05) is 10.7 Å². The minimum Gasteiger partial charge on any atom is -0.472 e. The molecule has 3 rings (SSSR count). The Bertz CT molecular complexity index is 664. The predicted octanol–water partition coefficient (Wildman–Crippen LogP) is 0.548. The zero-order chi connectivity index (χ0) is 13.8. The van der Waals surface area contributed by atoms with Gasteiger partial charge in [-0.2, -0.15) is 20.1 Å². The number of nitrogen functional groups attached to an aromatic ring is 1. The van der Waals surface area contributed by atoms with Crippen molar-refractivity contribution in [2.45, 2.75) is 6.54 Å². The number of nitrogens with one attached hydrogen (secondary N) is 2. The summed E-state index contributed by atoms with van der Waals surface area (Å²) in [6, 6.07) is 3.63. The maximum absolute atomic E-state index is 5.36. The van der Waals surface area contributed by atoms with Crippen LogP contribution in [0.1, 0.15) is 5.56 Å². The molecule has 0 aliphatic heterocycles. The zero-order valence-corrected chi connectivity index (χ0v) is 10.4. The van der Waals surface area contributed by atoms with E-state index in [0.717, 1.165) is 5.56 Å². The molecule has 9 nitrogen and oxygen atoms in total. The number of hydrazine groups is 1. The number of aromatic nitrogens is 5. The van der Waals surface area contributed by atoms with Crippen molar-refractivity contribution >= 4 is 11.9 Å². The largest absolute Gasteiger partial charge is 0.472 e. The molecule has 0 radical (unpaired) electrons. The van der Waals surface area contributed by atoms with Crippen LogP contribution in [0.4, 0.5) is 11.9 Å². The topological polar surface area (TPSA) is 120 Å². The fourth-order valence-corrected chi connectivity index (χ4v) is 1.57. The molecule has 3 aromatic heterocycles. The van der Waals surface area contributed by atoms with E-state index in [2.05, 4.69) is 30.8 Å². The average Bonchev–Trinajstić information content (AvgIpc) is 3.17. The molecule has 4 N–H and O–H groups in total. The first-order valence-corrected chi connectivity index (χ1v) is 5.83. The van der Waals surface area contributed by atoms with Crippen LogP contribution in [0.25, 0.3) is 5.95 Å². The van der Waals surface area contributed by atoms with Gasteiger partial charge in [0.2, 0.25) is 11.9 Å². The summed E-state index contributed by atoms with van der Waals surface area (Å²) in [7, 11) is 0. The highest BCUT2D eigenvalue weighted by Gasteiger charge is 2.07. The number of anilines is 2. The first-order valence-electron chi connectivity index (χ1n) is 5.83. The van der Waals surface area contributed by atoms with Crippen LogP contribution in [0, 0.1) is 0 Å². The Labute approximate surface area is 113 Å². The van der Waals surface area contributed by atoms with Crippen LogP contribution in [0.3, 0.4) is 0 Å². The third-order valence-corrected chi connectivity index (χ3v) is 2.49. The Morgan fingerprint density at radius 2 is 2.15 bits per heavy atom. The average molecular weight is 272 g/mol. The molecule has 9 heteroatoms. The molecule has 0 saturated carbocycles. The number of nitrogens with zero attached hydrogens (tertiary/aromatic N) is 5. The Kier molecular flexibility index (Phi) is 3.25. The molecule has 3 heterocycles. The number of hydrogen-bond acceptors (Lipinski definition) is 8. The van der Waals surface area contributed by atoms with E-state index in [1.165, 1.54) is 4.68 Å². The summed E-state index contributed by atoms with van der Waals surface area (Å²) in [5.74, 6) is 6.36. The maximum atomic E-state index is 5.36. The quantitative estimate of drug-likeness (QED) is 0.455. The van der Waals surface area contributed by atoms with E-state index in [1.54, 1.807) is 31.0 Å². The second kappa shape index (κ2) is 5.36. The van der Waals surface area contributed by atoms with Crippen LogP contribution in [0.15, 0.2) is 41.5 Å². The molecule has 0 saturated heterocycles. The predicted molar refractivity (Wildman–Crippen MR) is 70.8 cm³/mol. The van der Waals surface area contributed by atoms with Crippen LogP contribution in [0.5, 0.6) is 0 Å². The van der Waals surface area contributed by atoms with Crippen molar-refractivity contribution in [3.63, 3.8) is 0 Å². The van der Waals surface area contributed by atoms with Gasteiger partial charge in [0.1, 0.15) is 0 Å². The van der Waals surface area contributed by atoms with Gasteiger partial charge in [0.15, 0.2) is 0 Å². The Balaban J connectivity index is 1.84. The molecular weight excluding hydrogens is 260 g/mol. The molecule has 0 aliphatic rings. The van der Waals surface area contributed by atoms with Gasteiger partial charge < -0.3 is 9.73 Å². The van der Waals surface area contributed by atoms with Gasteiger partial charge in [-0.3, -0.25) is 5.43 Å². The van der Waals surface area contributed by atoms with Crippen molar-refractivity contribution in [1.82, 2.24) is 24.7 Å². The molecular formula is C11H12N8O. The monoisotopic (exact) mass is 272 g/mol. The van der Waals surface area contributed by atoms with E-state index in [4.69, 9.17) is 10.3 Å². The molecule has 0 atom stereocenters. The smallest absolute Gasteiger partial charge is 0.257 e. The molecule has 0 aliphatic carbocycles. The van der Waals surface area contributed by atoms with Gasteiger partial charge in [-0.25, -0.2) is 10.5 Å². The van der Waals surface area contributed by atoms with E-state index in [0.29, 0.717) is 18.4 Å². The van der Waals surface area contributed by atoms with Crippen LogP contribution in [-0.4, -0.2) is 24.7 Å². The number of nitrogens with two attached hydrogens (primary N) is 1. The van der Waals surface area contributed by atoms with Gasteiger partial charge in [-0.15, -0.1) is 0 Å². The summed E-state index contributed by atoms with van der Waals surface area (Å²) >= 11 is 0. The second-order valence-corrected chi connectivity index (χ2v) is 3.86. The Hall–Kier alpha value is -2.94. The first-order chi connectivity index (χ1) is 9.85. The second-order valence-electron chi connectivity index (χ2n) is 3.86. The number of furan rings is 1. The lowest BCUT2D eigenvalue weighted by Crippen LogP contribution is -2.16. The molecule has 0 amide bonds. The van der Waals surface area contributed by atoms with E-state index in [9.17, 15) is 0 Å². The Morgan fingerprint density at radius 3 is 2.85 bits per heavy atom. The number of rotatable bonds is 5. The molecule has 3 aromatic rings. The summed E-state index contributed by atoms with van der Waals surface area (Å²) in [6.07, 6.45) is 6.62. The third-order valence-electron chi connectivity index (χ3n) is 2.49. The van der Waals surface area contributed by atoms with E-state index in [-0.39, 0.29) is 5.95 Å². The molecule has 0 bridgehead atoms. The zero-order valence-electron chi connectivity index (χ0n) is 10.4. The summed E-state index contributed by atoms with van der Waals surface area (Å²) in [6.45, 7) is 0.531. The SMILES string of the molecule is NNc1nc(NCc2ccoc2)nc(-n2cccn2)n1. The van der Waals surface area contributed by atoms with Gasteiger partial charge in [0, 0.05) is 24.5 Å². The molecule has 20 heavy (non-hydrogen) atoms. The normalized spacial score (nSPS) is 10.4. The molecule has 0 spiro atoms. The standard InChI is InChI=1S/C11H12N8O/c12-18-10-15-9(13-6-8-2-5-20-7-8)16-11(17-10)19-4-1-3-14-19/h1-5,7H,6,12H2,(H2,13,15,16,17,18). The molecule has 0 aromatic carbocycles. The van der Waals surface area contributed by atoms with Gasteiger partial charge >= 0.3 is 0 Å². The van der Waals surface area contributed by atoms with Crippen molar-refractivity contribution in [3.8, 4) is 5.95 Å². The lowest BCUT2D eigenvalue weighted by atomic mass is 10.3. The fourth-order valence-electron chi connectivity index (χ4n) is 1.57. The van der Waals surface area contributed by atoms with E-state index in [1.807, 2.05) is 6.07 Å². The molecule has 0 fully saturated rings. The van der Waals surface area contributed by atoms with Crippen molar-refractivity contribution < 1.29 is 4.42 Å². The maximum Gasteiger partial charge on any atom is 0.257 e. The summed E-state index contributed by atoms with van der Waals surface area (Å²) in [5, 5.41) is 7.13. The summed E-state index contributed by atoms with van der Waals surface area (Å²) in [5.41, 5.74) is 3.38. The highest BCUT2D eigenvalue weighted by atomic mass is 16.3. The van der Waals surface area contributed by atoms with Gasteiger partial charge in [0.05, 0.1) is 12.5 Å². The van der Waals surface area contributed by atoms with Gasteiger partial charge in [-0.05, 0) is 12.1 Å². The fraction of sp³-hybridized carbons (Fsp3) is 0.0909. The van der Waals surface area contributed by atoms with E-state index >= 15 is 0 Å². The third kappa shape index (κ3) is 2.57. The highest BCUT2D eigenvalue weighted by Crippen LogP contribution is 2.09. The number of hydrogen-bond donors (Lipinski definition) is 3. The van der Waals surface area contributed by atoms with Crippen LogP contribution in [-0.2, 0) is 6.54 Å². The van der Waals surface area contributed by atoms with Crippen LogP contribution in [0.2, 0.25) is 0 Å². The van der Waals surface area contributed by atoms with Crippen LogP contribution >= 0.6 is 0 Å². The summed E-state index contributed by atoms with van der Waals surface area (Å²) < 4.78 is 6.51. The van der Waals surface area contributed by atoms with Gasteiger partial charge in [0.25, 0.3) is 5.95 Å². The lowest BCUT2D eigenvalue weighted by Gasteiger charge is -2.07. The molecule has 102 valence electrons. The van der Waals surface area contributed by atoms with Crippen LogP contribution < -0.4 is 16.6 Å². The minimum atomic E-state index is 0.250. The first kappa shape index (κ1) is 12.1.